The van der Waals surface area contributed by atoms with Crippen molar-refractivity contribution >= 4 is 51.2 Å². The molecule has 0 saturated carbocycles. The van der Waals surface area contributed by atoms with Crippen molar-refractivity contribution in [2.24, 2.45) is 0 Å². The van der Waals surface area contributed by atoms with E-state index in [-0.39, 0.29) is 24.1 Å². The lowest BCUT2D eigenvalue weighted by molar-refractivity contribution is -0.113. The molecule has 0 aliphatic carbocycles. The zero-order valence-electron chi connectivity index (χ0n) is 18.3. The molecule has 11 heteroatoms. The highest BCUT2D eigenvalue weighted by atomic mass is 79.9. The number of aromatic nitrogens is 3. The van der Waals surface area contributed by atoms with Crippen LogP contribution in [0, 0.1) is 0 Å². The number of carbonyl (C=O) groups excluding carboxylic acids is 3. The monoisotopic (exact) mass is 543 g/mol. The molecule has 1 heterocycles. The Balaban J connectivity index is 1.59. The number of nitrogens with zero attached hydrogens (tertiary/aromatic N) is 3. The van der Waals surface area contributed by atoms with E-state index in [9.17, 15) is 14.4 Å². The van der Waals surface area contributed by atoms with Gasteiger partial charge in [-0.1, -0.05) is 30.0 Å². The van der Waals surface area contributed by atoms with Gasteiger partial charge in [0.05, 0.1) is 30.5 Å². The van der Waals surface area contributed by atoms with Gasteiger partial charge in [0.25, 0.3) is 5.91 Å². The van der Waals surface area contributed by atoms with Crippen molar-refractivity contribution in [3.05, 3.63) is 82.6 Å². The standard InChI is InChI=1S/C23H22BrN5O4S/c1-3-12-29-19(13-25-21(31)17-6-4-5-7-18(17)24)27-28-23(29)34-14-20(30)26-16-10-8-15(9-11-16)22(32)33-2/h3-11H,1,12-14H2,2H3,(H,25,31)(H,26,30). The van der Waals surface area contributed by atoms with Crippen LogP contribution in [0.4, 0.5) is 5.69 Å². The first-order valence-corrected chi connectivity index (χ1v) is 11.9. The van der Waals surface area contributed by atoms with E-state index in [4.69, 9.17) is 0 Å². The quantitative estimate of drug-likeness (QED) is 0.227. The molecule has 0 aliphatic rings. The molecule has 0 aliphatic heterocycles. The van der Waals surface area contributed by atoms with Crippen molar-refractivity contribution in [1.29, 1.82) is 0 Å². The van der Waals surface area contributed by atoms with Crippen LogP contribution in [-0.2, 0) is 22.6 Å². The van der Waals surface area contributed by atoms with E-state index in [0.717, 1.165) is 0 Å². The molecule has 0 fully saturated rings. The summed E-state index contributed by atoms with van der Waals surface area (Å²) in [5.74, 6) is -0.294. The molecule has 0 atom stereocenters. The summed E-state index contributed by atoms with van der Waals surface area (Å²) in [6, 6.07) is 13.5. The molecular weight excluding hydrogens is 522 g/mol. The number of hydrogen-bond acceptors (Lipinski definition) is 7. The summed E-state index contributed by atoms with van der Waals surface area (Å²) in [5.41, 5.74) is 1.47. The normalized spacial score (nSPS) is 10.4. The van der Waals surface area contributed by atoms with Gasteiger partial charge in [0.15, 0.2) is 11.0 Å². The summed E-state index contributed by atoms with van der Waals surface area (Å²) in [7, 11) is 1.31. The van der Waals surface area contributed by atoms with Crippen LogP contribution in [-0.4, -0.2) is 45.4 Å². The van der Waals surface area contributed by atoms with Crippen molar-refractivity contribution < 1.29 is 19.1 Å². The molecule has 34 heavy (non-hydrogen) atoms. The van der Waals surface area contributed by atoms with Crippen molar-refractivity contribution in [2.75, 3.05) is 18.2 Å². The molecule has 3 rings (SSSR count). The van der Waals surface area contributed by atoms with E-state index in [1.54, 1.807) is 53.1 Å². The molecule has 2 amide bonds. The zero-order chi connectivity index (χ0) is 24.5. The van der Waals surface area contributed by atoms with Gasteiger partial charge in [0.2, 0.25) is 5.91 Å². The molecule has 3 aromatic rings. The number of carbonyl (C=O) groups is 3. The van der Waals surface area contributed by atoms with Gasteiger partial charge in [-0.25, -0.2) is 4.79 Å². The molecule has 2 N–H and O–H groups in total. The van der Waals surface area contributed by atoms with E-state index < -0.39 is 5.97 Å². The molecule has 0 bridgehead atoms. The van der Waals surface area contributed by atoms with Gasteiger partial charge in [0, 0.05) is 16.7 Å². The number of amides is 2. The fourth-order valence-electron chi connectivity index (χ4n) is 2.90. The second kappa shape index (κ2) is 12.1. The maximum atomic E-state index is 12.5. The number of thioether (sulfide) groups is 1. The summed E-state index contributed by atoms with van der Waals surface area (Å²) in [5, 5.41) is 14.5. The number of anilines is 1. The number of allylic oxidation sites excluding steroid dienone is 1. The third kappa shape index (κ3) is 6.55. The molecule has 0 radical (unpaired) electrons. The number of ether oxygens (including phenoxy) is 1. The molecular formula is C23H22BrN5O4S. The van der Waals surface area contributed by atoms with Crippen molar-refractivity contribution in [3.63, 3.8) is 0 Å². The minimum Gasteiger partial charge on any atom is -0.465 e. The van der Waals surface area contributed by atoms with Crippen LogP contribution < -0.4 is 10.6 Å². The third-order valence-electron chi connectivity index (χ3n) is 4.55. The Bertz CT molecular complexity index is 1200. The SMILES string of the molecule is C=CCn1c(CNC(=O)c2ccccc2Br)nnc1SCC(=O)Nc1ccc(C(=O)OC)cc1. The molecule has 0 unspecified atom stereocenters. The molecule has 2 aromatic carbocycles. The number of methoxy groups -OCH3 is 1. The molecule has 176 valence electrons. The van der Waals surface area contributed by atoms with Crippen LogP contribution in [0.1, 0.15) is 26.5 Å². The highest BCUT2D eigenvalue weighted by molar-refractivity contribution is 9.10. The van der Waals surface area contributed by atoms with E-state index in [0.29, 0.717) is 38.8 Å². The number of benzene rings is 2. The molecule has 0 spiro atoms. The van der Waals surface area contributed by atoms with Gasteiger partial charge in [-0.05, 0) is 52.3 Å². The highest BCUT2D eigenvalue weighted by Crippen LogP contribution is 2.19. The number of nitrogens with one attached hydrogen (secondary N) is 2. The first kappa shape index (κ1) is 25.2. The van der Waals surface area contributed by atoms with E-state index in [2.05, 4.69) is 48.1 Å². The predicted molar refractivity (Wildman–Crippen MR) is 133 cm³/mol. The summed E-state index contributed by atoms with van der Waals surface area (Å²) >= 11 is 4.58. The van der Waals surface area contributed by atoms with Crippen LogP contribution in [0.15, 0.2) is 70.8 Å². The number of esters is 1. The van der Waals surface area contributed by atoms with Gasteiger partial charge < -0.3 is 19.9 Å². The average Bonchev–Trinajstić information content (AvgIpc) is 3.23. The molecule has 9 nitrogen and oxygen atoms in total. The predicted octanol–water partition coefficient (Wildman–Crippen LogP) is 3.67. The van der Waals surface area contributed by atoms with Crippen LogP contribution in [0.2, 0.25) is 0 Å². The van der Waals surface area contributed by atoms with Gasteiger partial charge in [-0.15, -0.1) is 16.8 Å². The summed E-state index contributed by atoms with van der Waals surface area (Å²) in [6.45, 7) is 4.35. The summed E-state index contributed by atoms with van der Waals surface area (Å²) < 4.78 is 7.14. The van der Waals surface area contributed by atoms with E-state index in [1.165, 1.54) is 18.9 Å². The lowest BCUT2D eigenvalue weighted by Crippen LogP contribution is -2.25. The first-order chi connectivity index (χ1) is 16.4. The Hall–Kier alpha value is -3.44. The van der Waals surface area contributed by atoms with Crippen molar-refractivity contribution in [3.8, 4) is 0 Å². The lowest BCUT2D eigenvalue weighted by Gasteiger charge is -2.10. The number of halogens is 1. The van der Waals surface area contributed by atoms with Gasteiger partial charge in [0.1, 0.15) is 0 Å². The average molecular weight is 544 g/mol. The fourth-order valence-corrected chi connectivity index (χ4v) is 4.14. The Kier molecular flexibility index (Phi) is 9.00. The minimum absolute atomic E-state index is 0.0946. The van der Waals surface area contributed by atoms with Crippen molar-refractivity contribution in [2.45, 2.75) is 18.2 Å². The number of rotatable bonds is 10. The fraction of sp³-hybridized carbons (Fsp3) is 0.174. The van der Waals surface area contributed by atoms with Gasteiger partial charge in [-0.3, -0.25) is 9.59 Å². The Labute approximate surface area is 209 Å². The second-order valence-electron chi connectivity index (χ2n) is 6.87. The molecule has 0 saturated heterocycles. The highest BCUT2D eigenvalue weighted by Gasteiger charge is 2.16. The number of hydrogen-bond donors (Lipinski definition) is 2. The van der Waals surface area contributed by atoms with Crippen LogP contribution in [0.25, 0.3) is 0 Å². The Morgan fingerprint density at radius 1 is 1.15 bits per heavy atom. The van der Waals surface area contributed by atoms with Crippen molar-refractivity contribution in [1.82, 2.24) is 20.1 Å². The van der Waals surface area contributed by atoms with Crippen LogP contribution in [0.5, 0.6) is 0 Å². The summed E-state index contributed by atoms with van der Waals surface area (Å²) in [4.78, 5) is 36.4. The maximum Gasteiger partial charge on any atom is 0.337 e. The molecule has 1 aromatic heterocycles. The maximum absolute atomic E-state index is 12.5. The first-order valence-electron chi connectivity index (χ1n) is 10.1. The summed E-state index contributed by atoms with van der Waals surface area (Å²) in [6.07, 6.45) is 1.69. The van der Waals surface area contributed by atoms with Gasteiger partial charge in [-0.2, -0.15) is 0 Å². The second-order valence-corrected chi connectivity index (χ2v) is 8.66. The largest absolute Gasteiger partial charge is 0.465 e. The topological polar surface area (TPSA) is 115 Å². The van der Waals surface area contributed by atoms with Crippen LogP contribution >= 0.6 is 27.7 Å². The zero-order valence-corrected chi connectivity index (χ0v) is 20.7. The van der Waals surface area contributed by atoms with E-state index >= 15 is 0 Å². The van der Waals surface area contributed by atoms with Crippen LogP contribution in [0.3, 0.4) is 0 Å². The van der Waals surface area contributed by atoms with Gasteiger partial charge >= 0.3 is 5.97 Å². The Morgan fingerprint density at radius 2 is 1.88 bits per heavy atom. The van der Waals surface area contributed by atoms with E-state index in [1.807, 2.05) is 6.07 Å². The minimum atomic E-state index is -0.446. The lowest BCUT2D eigenvalue weighted by atomic mass is 10.2. The Morgan fingerprint density at radius 3 is 2.56 bits per heavy atom. The smallest absolute Gasteiger partial charge is 0.337 e. The third-order valence-corrected chi connectivity index (χ3v) is 6.21.